The summed E-state index contributed by atoms with van der Waals surface area (Å²) in [5.41, 5.74) is 3.31. The van der Waals surface area contributed by atoms with Crippen molar-refractivity contribution in [1.82, 2.24) is 30.0 Å². The number of aromatic nitrogens is 4. The molecule has 1 spiro atoms. The molecular formula is C24H28N6O4. The molecule has 1 amide bonds. The number of tetrazole rings is 1. The van der Waals surface area contributed by atoms with Crippen molar-refractivity contribution in [2.75, 3.05) is 26.2 Å². The summed E-state index contributed by atoms with van der Waals surface area (Å²) < 4.78 is 6.80. The monoisotopic (exact) mass is 464 g/mol. The number of aryl methyl sites for hydroxylation is 2. The summed E-state index contributed by atoms with van der Waals surface area (Å²) in [4.78, 5) is 28.9. The van der Waals surface area contributed by atoms with Crippen molar-refractivity contribution in [3.63, 3.8) is 0 Å². The maximum Gasteiger partial charge on any atom is 0.333 e. The molecule has 5 heterocycles. The quantitative estimate of drug-likeness (QED) is 0.665. The first kappa shape index (κ1) is 21.4. The Bertz CT molecular complexity index is 1180. The summed E-state index contributed by atoms with van der Waals surface area (Å²) in [6.45, 7) is 4.28. The number of carbonyl (C=O) groups is 2. The second-order valence-electron chi connectivity index (χ2n) is 9.96. The lowest BCUT2D eigenvalue weighted by atomic mass is 9.76. The van der Waals surface area contributed by atoms with Gasteiger partial charge in [-0.3, -0.25) is 4.79 Å². The molecule has 178 valence electrons. The molecule has 1 N–H and O–H groups in total. The lowest BCUT2D eigenvalue weighted by molar-refractivity contribution is -0.139. The number of piperidine rings is 1. The van der Waals surface area contributed by atoms with E-state index in [1.165, 1.54) is 6.08 Å². The fraction of sp³-hybridized carbons (Fsp3) is 0.542. The third-order valence-electron chi connectivity index (χ3n) is 7.87. The molecule has 2 aromatic rings. The number of ether oxygens (including phenoxy) is 1. The molecule has 0 aliphatic carbocycles. The van der Waals surface area contributed by atoms with Gasteiger partial charge in [-0.25, -0.2) is 4.79 Å². The van der Waals surface area contributed by atoms with Crippen LogP contribution in [-0.4, -0.2) is 79.3 Å². The average Bonchev–Trinajstić information content (AvgIpc) is 3.54. The second kappa shape index (κ2) is 7.99. The average molecular weight is 465 g/mol. The summed E-state index contributed by atoms with van der Waals surface area (Å²) in [5, 5.41) is 22.9. The first-order valence-corrected chi connectivity index (χ1v) is 12.0. The molecule has 1 aromatic heterocycles. The minimum atomic E-state index is -0.601. The standard InChI is InChI=1S/C24H28N6O4/c1-15-12-24(23(33)29(15)18-11-22(32)34-14-18)6-8-28(9-7-24)13-20(31)17-2-4-19-16(10-17)3-5-21-25-26-27-30(19)21/h2,4,10-11,15,20,31H,3,5-9,12-14H2,1H3/t15-,20+/m0/s1. The number of rotatable bonds is 4. The van der Waals surface area contributed by atoms with Gasteiger partial charge in [0.15, 0.2) is 5.82 Å². The molecule has 2 saturated heterocycles. The Morgan fingerprint density at radius 1 is 1.24 bits per heavy atom. The van der Waals surface area contributed by atoms with Crippen molar-refractivity contribution in [1.29, 1.82) is 0 Å². The minimum Gasteiger partial charge on any atom is -0.456 e. The predicted molar refractivity (Wildman–Crippen MR) is 120 cm³/mol. The highest BCUT2D eigenvalue weighted by atomic mass is 16.5. The van der Waals surface area contributed by atoms with Crippen LogP contribution in [0.3, 0.4) is 0 Å². The van der Waals surface area contributed by atoms with Gasteiger partial charge in [0.1, 0.15) is 6.61 Å². The SMILES string of the molecule is C[C@H]1CC2(CCN(C[C@@H](O)c3ccc4c(c3)CCc3nnnn3-4)CC2)C(=O)N1C1=CC(=O)OC1. The van der Waals surface area contributed by atoms with Gasteiger partial charge in [0.2, 0.25) is 5.91 Å². The Hall–Kier alpha value is -3.11. The van der Waals surface area contributed by atoms with E-state index in [4.69, 9.17) is 4.74 Å². The number of nitrogens with zero attached hydrogens (tertiary/aromatic N) is 6. The summed E-state index contributed by atoms with van der Waals surface area (Å²) >= 11 is 0. The predicted octanol–water partition coefficient (Wildman–Crippen LogP) is 0.938. The number of cyclic esters (lactones) is 1. The molecule has 6 rings (SSSR count). The molecule has 2 atom stereocenters. The topological polar surface area (TPSA) is 114 Å². The van der Waals surface area contributed by atoms with Gasteiger partial charge in [-0.1, -0.05) is 12.1 Å². The van der Waals surface area contributed by atoms with E-state index >= 15 is 0 Å². The lowest BCUT2D eigenvalue weighted by Crippen LogP contribution is -2.45. The van der Waals surface area contributed by atoms with E-state index in [1.807, 2.05) is 19.1 Å². The molecule has 0 unspecified atom stereocenters. The van der Waals surface area contributed by atoms with Gasteiger partial charge in [-0.05, 0) is 73.3 Å². The molecular weight excluding hydrogens is 436 g/mol. The van der Waals surface area contributed by atoms with E-state index in [9.17, 15) is 14.7 Å². The van der Waals surface area contributed by atoms with Gasteiger partial charge in [-0.2, -0.15) is 4.68 Å². The van der Waals surface area contributed by atoms with Crippen molar-refractivity contribution in [3.05, 3.63) is 46.9 Å². The zero-order valence-electron chi connectivity index (χ0n) is 19.2. The van der Waals surface area contributed by atoms with Crippen molar-refractivity contribution in [3.8, 4) is 5.69 Å². The number of hydrogen-bond acceptors (Lipinski definition) is 8. The summed E-state index contributed by atoms with van der Waals surface area (Å²) in [5.74, 6) is 0.600. The molecule has 0 radical (unpaired) electrons. The van der Waals surface area contributed by atoms with E-state index in [0.717, 1.165) is 67.8 Å². The highest BCUT2D eigenvalue weighted by molar-refractivity contribution is 5.91. The summed E-state index contributed by atoms with van der Waals surface area (Å²) in [6.07, 6.45) is 4.79. The van der Waals surface area contributed by atoms with E-state index < -0.39 is 6.10 Å². The molecule has 10 heteroatoms. The van der Waals surface area contributed by atoms with E-state index in [2.05, 4.69) is 26.5 Å². The molecule has 4 aliphatic rings. The molecule has 34 heavy (non-hydrogen) atoms. The Labute approximate surface area is 197 Å². The Morgan fingerprint density at radius 2 is 2.06 bits per heavy atom. The number of aliphatic hydroxyl groups excluding tert-OH is 1. The van der Waals surface area contributed by atoms with Crippen LogP contribution in [0.5, 0.6) is 0 Å². The maximum atomic E-state index is 13.4. The number of aliphatic hydroxyl groups is 1. The van der Waals surface area contributed by atoms with Crippen LogP contribution >= 0.6 is 0 Å². The van der Waals surface area contributed by atoms with E-state index in [1.54, 1.807) is 9.58 Å². The maximum absolute atomic E-state index is 13.4. The highest BCUT2D eigenvalue weighted by Gasteiger charge is 2.52. The molecule has 0 bridgehead atoms. The number of fused-ring (bicyclic) bond motifs is 3. The van der Waals surface area contributed by atoms with Crippen LogP contribution in [0.4, 0.5) is 0 Å². The number of esters is 1. The minimum absolute atomic E-state index is 0.0570. The Morgan fingerprint density at radius 3 is 2.82 bits per heavy atom. The van der Waals surface area contributed by atoms with Gasteiger partial charge in [0.05, 0.1) is 22.9 Å². The molecule has 0 saturated carbocycles. The molecule has 10 nitrogen and oxygen atoms in total. The number of hydrogen-bond donors (Lipinski definition) is 1. The number of carbonyl (C=O) groups excluding carboxylic acids is 2. The number of benzene rings is 1. The molecule has 1 aromatic carbocycles. The van der Waals surface area contributed by atoms with Crippen LogP contribution in [-0.2, 0) is 27.2 Å². The van der Waals surface area contributed by atoms with Crippen LogP contribution in [0.15, 0.2) is 30.0 Å². The third kappa shape index (κ3) is 3.43. The van der Waals surface area contributed by atoms with Gasteiger partial charge < -0.3 is 19.6 Å². The second-order valence-corrected chi connectivity index (χ2v) is 9.96. The fourth-order valence-corrected chi connectivity index (χ4v) is 6.06. The molecule has 4 aliphatic heterocycles. The third-order valence-corrected chi connectivity index (χ3v) is 7.87. The van der Waals surface area contributed by atoms with Crippen molar-refractivity contribution in [2.24, 2.45) is 5.41 Å². The Balaban J connectivity index is 1.10. The molecule has 2 fully saturated rings. The first-order valence-electron chi connectivity index (χ1n) is 12.0. The summed E-state index contributed by atoms with van der Waals surface area (Å²) in [6, 6.07) is 6.05. The lowest BCUT2D eigenvalue weighted by Gasteiger charge is -2.38. The summed E-state index contributed by atoms with van der Waals surface area (Å²) in [7, 11) is 0. The van der Waals surface area contributed by atoms with Gasteiger partial charge in [-0.15, -0.1) is 5.10 Å². The largest absolute Gasteiger partial charge is 0.456 e. The zero-order valence-corrected chi connectivity index (χ0v) is 19.2. The highest BCUT2D eigenvalue weighted by Crippen LogP contribution is 2.46. The van der Waals surface area contributed by atoms with E-state index in [-0.39, 0.29) is 29.9 Å². The van der Waals surface area contributed by atoms with Gasteiger partial charge >= 0.3 is 5.97 Å². The zero-order chi connectivity index (χ0) is 23.4. The van der Waals surface area contributed by atoms with Crippen LogP contribution in [0.25, 0.3) is 5.69 Å². The number of amides is 1. The van der Waals surface area contributed by atoms with Crippen LogP contribution < -0.4 is 0 Å². The fourth-order valence-electron chi connectivity index (χ4n) is 6.06. The van der Waals surface area contributed by atoms with Crippen molar-refractivity contribution < 1.29 is 19.4 Å². The first-order chi connectivity index (χ1) is 16.4. The van der Waals surface area contributed by atoms with Crippen LogP contribution in [0.1, 0.15) is 49.2 Å². The van der Waals surface area contributed by atoms with Crippen molar-refractivity contribution >= 4 is 11.9 Å². The van der Waals surface area contributed by atoms with Gasteiger partial charge in [0.25, 0.3) is 0 Å². The van der Waals surface area contributed by atoms with Crippen LogP contribution in [0, 0.1) is 5.41 Å². The van der Waals surface area contributed by atoms with Crippen molar-refractivity contribution in [2.45, 2.75) is 51.2 Å². The Kier molecular flexibility index (Phi) is 5.03. The smallest absolute Gasteiger partial charge is 0.333 e. The number of likely N-dealkylation sites (tertiary alicyclic amines) is 2. The van der Waals surface area contributed by atoms with Gasteiger partial charge in [0, 0.05) is 25.1 Å². The van der Waals surface area contributed by atoms with E-state index in [0.29, 0.717) is 12.2 Å². The normalized spacial score (nSPS) is 24.7. The van der Waals surface area contributed by atoms with Crippen LogP contribution in [0.2, 0.25) is 0 Å². The number of β-amino-alcohol motifs (C(OH)–C–C–N with tert-alkyl or cyclic N) is 1.